The molecule has 1 aliphatic rings. The van der Waals surface area contributed by atoms with Crippen molar-refractivity contribution < 1.29 is 18.8 Å². The van der Waals surface area contributed by atoms with Crippen LogP contribution in [0.4, 0.5) is 5.69 Å². The molecule has 1 aliphatic heterocycles. The average molecular weight is 391 g/mol. The lowest BCUT2D eigenvalue weighted by Gasteiger charge is -2.33. The van der Waals surface area contributed by atoms with Crippen molar-refractivity contribution in [2.24, 2.45) is 0 Å². The van der Waals surface area contributed by atoms with Crippen molar-refractivity contribution in [1.82, 2.24) is 10.1 Å². The molecule has 0 aliphatic carbocycles. The zero-order valence-corrected chi connectivity index (χ0v) is 16.0. The van der Waals surface area contributed by atoms with Crippen LogP contribution < -0.4 is 5.32 Å². The van der Waals surface area contributed by atoms with E-state index in [1.807, 2.05) is 37.3 Å². The summed E-state index contributed by atoms with van der Waals surface area (Å²) in [4.78, 5) is 27.1. The molecule has 29 heavy (non-hydrogen) atoms. The van der Waals surface area contributed by atoms with Gasteiger partial charge in [-0.25, -0.2) is 0 Å². The zero-order chi connectivity index (χ0) is 20.2. The van der Waals surface area contributed by atoms with Gasteiger partial charge in [0.15, 0.2) is 11.5 Å². The summed E-state index contributed by atoms with van der Waals surface area (Å²) in [6, 6.07) is 17.9. The molecule has 1 unspecified atom stereocenters. The van der Waals surface area contributed by atoms with Crippen molar-refractivity contribution in [3.63, 3.8) is 0 Å². The molecule has 4 rings (SSSR count). The van der Waals surface area contributed by atoms with Crippen molar-refractivity contribution in [1.29, 1.82) is 0 Å². The van der Waals surface area contributed by atoms with E-state index >= 15 is 0 Å². The Labute approximate surface area is 168 Å². The topological polar surface area (TPSA) is 84.7 Å². The quantitative estimate of drug-likeness (QED) is 0.736. The van der Waals surface area contributed by atoms with E-state index in [0.717, 1.165) is 5.56 Å². The average Bonchev–Trinajstić information content (AvgIpc) is 3.25. The highest BCUT2D eigenvalue weighted by Gasteiger charge is 2.25. The van der Waals surface area contributed by atoms with Gasteiger partial charge >= 0.3 is 0 Å². The van der Waals surface area contributed by atoms with Crippen LogP contribution in [-0.2, 0) is 4.74 Å². The van der Waals surface area contributed by atoms with E-state index in [1.54, 1.807) is 35.2 Å². The first kappa shape index (κ1) is 18.9. The summed E-state index contributed by atoms with van der Waals surface area (Å²) < 4.78 is 10.7. The Morgan fingerprint density at radius 2 is 1.93 bits per heavy atom. The maximum atomic E-state index is 12.8. The fourth-order valence-corrected chi connectivity index (χ4v) is 3.24. The third-order valence-corrected chi connectivity index (χ3v) is 4.80. The van der Waals surface area contributed by atoms with Gasteiger partial charge in [-0.2, -0.15) is 0 Å². The number of anilines is 1. The predicted molar refractivity (Wildman–Crippen MR) is 108 cm³/mol. The van der Waals surface area contributed by atoms with E-state index < -0.39 is 5.91 Å². The Balaban J connectivity index is 1.47. The number of amides is 2. The van der Waals surface area contributed by atoms with Gasteiger partial charge in [0.1, 0.15) is 0 Å². The van der Waals surface area contributed by atoms with E-state index in [0.29, 0.717) is 36.8 Å². The van der Waals surface area contributed by atoms with Crippen molar-refractivity contribution in [3.8, 4) is 11.3 Å². The predicted octanol–water partition coefficient (Wildman–Crippen LogP) is 3.45. The number of aromatic nitrogens is 1. The molecule has 2 amide bonds. The van der Waals surface area contributed by atoms with Crippen LogP contribution in [0.5, 0.6) is 0 Å². The second-order valence-corrected chi connectivity index (χ2v) is 6.90. The molecular formula is C22H21N3O4. The standard InChI is InChI=1S/C22H21N3O4/c1-15-14-28-11-10-25(15)22(27)17-8-5-9-18(12-17)23-21(26)19-13-20(29-24-19)16-6-3-2-4-7-16/h2-9,12-13,15H,10-11,14H2,1H3,(H,23,26). The second-order valence-electron chi connectivity index (χ2n) is 6.90. The third-order valence-electron chi connectivity index (χ3n) is 4.80. The Hall–Kier alpha value is -3.45. The maximum absolute atomic E-state index is 12.8. The lowest BCUT2D eigenvalue weighted by molar-refractivity contribution is 0.00359. The van der Waals surface area contributed by atoms with Crippen LogP contribution in [0.3, 0.4) is 0 Å². The normalized spacial score (nSPS) is 16.4. The molecule has 3 aromatic rings. The van der Waals surface area contributed by atoms with Crippen molar-refractivity contribution in [2.75, 3.05) is 25.1 Å². The Kier molecular flexibility index (Phi) is 5.39. The Bertz CT molecular complexity index is 1020. The van der Waals surface area contributed by atoms with E-state index in [1.165, 1.54) is 0 Å². The summed E-state index contributed by atoms with van der Waals surface area (Å²) in [5, 5.41) is 6.63. The molecule has 1 aromatic heterocycles. The minimum absolute atomic E-state index is 0.0148. The summed E-state index contributed by atoms with van der Waals surface area (Å²) in [5.41, 5.74) is 2.04. The number of nitrogens with zero attached hydrogens (tertiary/aromatic N) is 2. The highest BCUT2D eigenvalue weighted by molar-refractivity contribution is 6.04. The van der Waals surface area contributed by atoms with Crippen LogP contribution in [0.1, 0.15) is 27.8 Å². The van der Waals surface area contributed by atoms with Gasteiger partial charge in [0.2, 0.25) is 0 Å². The number of carbonyl (C=O) groups is 2. The molecule has 1 atom stereocenters. The smallest absolute Gasteiger partial charge is 0.277 e. The van der Waals surface area contributed by atoms with Crippen LogP contribution >= 0.6 is 0 Å². The van der Waals surface area contributed by atoms with Gasteiger partial charge in [0, 0.05) is 29.4 Å². The molecule has 1 fully saturated rings. The van der Waals surface area contributed by atoms with Crippen molar-refractivity contribution >= 4 is 17.5 Å². The second kappa shape index (κ2) is 8.28. The van der Waals surface area contributed by atoms with Gasteiger partial charge in [-0.3, -0.25) is 9.59 Å². The molecule has 2 heterocycles. The fraction of sp³-hybridized carbons (Fsp3) is 0.227. The SMILES string of the molecule is CC1COCCN1C(=O)c1cccc(NC(=O)c2cc(-c3ccccc3)on2)c1. The summed E-state index contributed by atoms with van der Waals surface area (Å²) >= 11 is 0. The van der Waals surface area contributed by atoms with Crippen LogP contribution in [0.15, 0.2) is 65.2 Å². The minimum Gasteiger partial charge on any atom is -0.377 e. The molecule has 0 radical (unpaired) electrons. The first-order valence-corrected chi connectivity index (χ1v) is 9.44. The molecule has 7 nitrogen and oxygen atoms in total. The molecule has 2 aromatic carbocycles. The zero-order valence-electron chi connectivity index (χ0n) is 16.0. The number of benzene rings is 2. The van der Waals surface area contributed by atoms with E-state index in [9.17, 15) is 9.59 Å². The number of hydrogen-bond donors (Lipinski definition) is 1. The van der Waals surface area contributed by atoms with Crippen LogP contribution in [0.25, 0.3) is 11.3 Å². The monoisotopic (exact) mass is 391 g/mol. The molecule has 1 saturated heterocycles. The molecule has 148 valence electrons. The summed E-state index contributed by atoms with van der Waals surface area (Å²) in [7, 11) is 0. The van der Waals surface area contributed by atoms with Crippen molar-refractivity contribution in [2.45, 2.75) is 13.0 Å². The van der Waals surface area contributed by atoms with E-state index in [2.05, 4.69) is 10.5 Å². The summed E-state index contributed by atoms with van der Waals surface area (Å²) in [6.07, 6.45) is 0. The number of hydrogen-bond acceptors (Lipinski definition) is 5. The van der Waals surface area contributed by atoms with Crippen LogP contribution in [0.2, 0.25) is 0 Å². The summed E-state index contributed by atoms with van der Waals surface area (Å²) in [6.45, 7) is 3.57. The molecule has 0 saturated carbocycles. The largest absolute Gasteiger partial charge is 0.377 e. The minimum atomic E-state index is -0.403. The van der Waals surface area contributed by atoms with Crippen molar-refractivity contribution in [3.05, 3.63) is 71.9 Å². The number of nitrogens with one attached hydrogen (secondary N) is 1. The lowest BCUT2D eigenvalue weighted by Crippen LogP contribution is -2.47. The fourth-order valence-electron chi connectivity index (χ4n) is 3.24. The maximum Gasteiger partial charge on any atom is 0.277 e. The van der Waals surface area contributed by atoms with Gasteiger partial charge in [-0.1, -0.05) is 41.6 Å². The van der Waals surface area contributed by atoms with Gasteiger partial charge in [-0.15, -0.1) is 0 Å². The lowest BCUT2D eigenvalue weighted by atomic mass is 10.1. The Morgan fingerprint density at radius 1 is 1.10 bits per heavy atom. The molecule has 0 spiro atoms. The number of rotatable bonds is 4. The van der Waals surface area contributed by atoms with E-state index in [4.69, 9.17) is 9.26 Å². The first-order valence-electron chi connectivity index (χ1n) is 9.44. The first-order chi connectivity index (χ1) is 14.1. The molecular weight excluding hydrogens is 370 g/mol. The van der Waals surface area contributed by atoms with Crippen LogP contribution in [-0.4, -0.2) is 47.7 Å². The van der Waals surface area contributed by atoms with Gasteiger partial charge in [0.05, 0.1) is 19.3 Å². The number of morpholine rings is 1. The molecule has 1 N–H and O–H groups in total. The van der Waals surface area contributed by atoms with Gasteiger partial charge < -0.3 is 19.5 Å². The highest BCUT2D eigenvalue weighted by Crippen LogP contribution is 2.21. The number of carbonyl (C=O) groups excluding carboxylic acids is 2. The summed E-state index contributed by atoms with van der Waals surface area (Å²) in [5.74, 6) is 0.0333. The molecule has 7 heteroatoms. The Morgan fingerprint density at radius 3 is 2.72 bits per heavy atom. The third kappa shape index (κ3) is 4.20. The van der Waals surface area contributed by atoms with Gasteiger partial charge in [0.25, 0.3) is 11.8 Å². The molecule has 0 bridgehead atoms. The van der Waals surface area contributed by atoms with Crippen LogP contribution in [0, 0.1) is 0 Å². The highest BCUT2D eigenvalue weighted by atomic mass is 16.5. The van der Waals surface area contributed by atoms with Gasteiger partial charge in [-0.05, 0) is 25.1 Å². The van der Waals surface area contributed by atoms with E-state index in [-0.39, 0.29) is 17.6 Å². The number of ether oxygens (including phenoxy) is 1.